The number of benzene rings is 1. The molecular formula is C20H20N4O3. The van der Waals surface area contributed by atoms with Crippen LogP contribution < -0.4 is 4.74 Å². The third kappa shape index (κ3) is 2.45. The van der Waals surface area contributed by atoms with E-state index in [1.165, 1.54) is 4.90 Å². The van der Waals surface area contributed by atoms with E-state index in [0.717, 1.165) is 53.0 Å². The first-order valence-electron chi connectivity index (χ1n) is 9.08. The minimum absolute atomic E-state index is 0.100. The lowest BCUT2D eigenvalue weighted by molar-refractivity contribution is 0.153. The van der Waals surface area contributed by atoms with Crippen molar-refractivity contribution in [3.8, 4) is 17.0 Å². The van der Waals surface area contributed by atoms with Crippen molar-refractivity contribution in [1.82, 2.24) is 19.7 Å². The first kappa shape index (κ1) is 16.1. The van der Waals surface area contributed by atoms with Crippen LogP contribution >= 0.6 is 0 Å². The number of ether oxygens (including phenoxy) is 1. The fourth-order valence-electron chi connectivity index (χ4n) is 4.43. The Kier molecular flexibility index (Phi) is 3.40. The van der Waals surface area contributed by atoms with Crippen molar-refractivity contribution < 1.29 is 14.6 Å². The lowest BCUT2D eigenvalue weighted by Gasteiger charge is -2.21. The number of aryl methyl sites for hydroxylation is 1. The van der Waals surface area contributed by atoms with Gasteiger partial charge in [0.15, 0.2) is 0 Å². The second kappa shape index (κ2) is 5.70. The molecule has 1 fully saturated rings. The van der Waals surface area contributed by atoms with Crippen LogP contribution in [0.3, 0.4) is 0 Å². The Morgan fingerprint density at radius 2 is 2.07 bits per heavy atom. The van der Waals surface area contributed by atoms with Gasteiger partial charge in [0.1, 0.15) is 5.75 Å². The monoisotopic (exact) mass is 364 g/mol. The molecule has 5 rings (SSSR count). The standard InChI is InChI=1S/C20H20N4O3/c1-27-15-2-3-16-13(9-15)8-14(11-21-16)17-10-18-20(5-7-24(18)22-17)4-6-23(12-20)19(25)26/h2-3,8-11H,4-7,12H2,1H3,(H,25,26). The van der Waals surface area contributed by atoms with Crippen LogP contribution in [0.4, 0.5) is 4.79 Å². The second-order valence-corrected chi connectivity index (χ2v) is 7.41. The van der Waals surface area contributed by atoms with Crippen LogP contribution in [0.15, 0.2) is 36.5 Å². The van der Waals surface area contributed by atoms with Gasteiger partial charge in [-0.1, -0.05) is 0 Å². The van der Waals surface area contributed by atoms with Crippen molar-refractivity contribution in [1.29, 1.82) is 0 Å². The van der Waals surface area contributed by atoms with Crippen LogP contribution in [0.1, 0.15) is 18.5 Å². The van der Waals surface area contributed by atoms with Gasteiger partial charge in [-0.2, -0.15) is 5.10 Å². The zero-order valence-electron chi connectivity index (χ0n) is 15.1. The summed E-state index contributed by atoms with van der Waals surface area (Å²) in [6.07, 6.45) is 2.82. The average molecular weight is 364 g/mol. The summed E-state index contributed by atoms with van der Waals surface area (Å²) in [5.74, 6) is 0.799. The molecule has 7 heteroatoms. The fraction of sp³-hybridized carbons (Fsp3) is 0.350. The fourth-order valence-corrected chi connectivity index (χ4v) is 4.43. The maximum Gasteiger partial charge on any atom is 0.407 e. The topological polar surface area (TPSA) is 80.5 Å². The normalized spacial score (nSPS) is 21.1. The summed E-state index contributed by atoms with van der Waals surface area (Å²) in [6.45, 7) is 1.98. The number of fused-ring (bicyclic) bond motifs is 3. The van der Waals surface area contributed by atoms with Gasteiger partial charge in [-0.15, -0.1) is 0 Å². The molecule has 7 nitrogen and oxygen atoms in total. The van der Waals surface area contributed by atoms with Crippen molar-refractivity contribution in [3.05, 3.63) is 42.2 Å². The second-order valence-electron chi connectivity index (χ2n) is 7.41. The largest absolute Gasteiger partial charge is 0.497 e. The molecule has 2 aliphatic heterocycles. The Morgan fingerprint density at radius 1 is 1.22 bits per heavy atom. The third-order valence-electron chi connectivity index (χ3n) is 5.93. The number of pyridine rings is 1. The molecule has 1 saturated heterocycles. The molecule has 3 aromatic rings. The van der Waals surface area contributed by atoms with E-state index in [2.05, 4.69) is 17.1 Å². The molecule has 4 heterocycles. The van der Waals surface area contributed by atoms with Gasteiger partial charge in [-0.05, 0) is 43.2 Å². The average Bonchev–Trinajstić information content (AvgIpc) is 3.38. The maximum atomic E-state index is 11.3. The summed E-state index contributed by atoms with van der Waals surface area (Å²) in [7, 11) is 1.65. The van der Waals surface area contributed by atoms with Gasteiger partial charge < -0.3 is 14.7 Å². The first-order chi connectivity index (χ1) is 13.1. The Morgan fingerprint density at radius 3 is 2.85 bits per heavy atom. The van der Waals surface area contributed by atoms with E-state index in [-0.39, 0.29) is 5.41 Å². The summed E-state index contributed by atoms with van der Waals surface area (Å²) in [6, 6.07) is 10.0. The highest BCUT2D eigenvalue weighted by molar-refractivity contribution is 5.84. The molecule has 1 N–H and O–H groups in total. The molecule has 1 unspecified atom stereocenters. The number of carboxylic acid groups (broad SMARTS) is 1. The highest BCUT2D eigenvalue weighted by atomic mass is 16.5. The molecule has 1 aromatic carbocycles. The van der Waals surface area contributed by atoms with E-state index in [9.17, 15) is 9.90 Å². The van der Waals surface area contributed by atoms with Crippen LogP contribution in [-0.4, -0.2) is 51.1 Å². The van der Waals surface area contributed by atoms with Gasteiger partial charge in [0.2, 0.25) is 0 Å². The van der Waals surface area contributed by atoms with Crippen LogP contribution in [0.25, 0.3) is 22.2 Å². The van der Waals surface area contributed by atoms with Gasteiger partial charge >= 0.3 is 6.09 Å². The highest BCUT2D eigenvalue weighted by Gasteiger charge is 2.46. The minimum atomic E-state index is -0.835. The molecule has 0 aliphatic carbocycles. The number of hydrogen-bond donors (Lipinski definition) is 1. The highest BCUT2D eigenvalue weighted by Crippen LogP contribution is 2.43. The van der Waals surface area contributed by atoms with E-state index in [1.807, 2.05) is 29.1 Å². The molecule has 138 valence electrons. The number of aromatic nitrogens is 3. The molecule has 0 radical (unpaired) electrons. The predicted octanol–water partition coefficient (Wildman–Crippen LogP) is 3.13. The molecule has 1 atom stereocenters. The van der Waals surface area contributed by atoms with Crippen molar-refractivity contribution in [2.24, 2.45) is 0 Å². The third-order valence-corrected chi connectivity index (χ3v) is 5.93. The number of likely N-dealkylation sites (tertiary alicyclic amines) is 1. The number of amides is 1. The van der Waals surface area contributed by atoms with Crippen LogP contribution in [-0.2, 0) is 12.0 Å². The lowest BCUT2D eigenvalue weighted by Crippen LogP contribution is -2.32. The molecule has 2 aromatic heterocycles. The van der Waals surface area contributed by atoms with E-state index in [1.54, 1.807) is 7.11 Å². The number of hydrogen-bond acceptors (Lipinski definition) is 4. The van der Waals surface area contributed by atoms with Gasteiger partial charge in [0, 0.05) is 47.9 Å². The van der Waals surface area contributed by atoms with E-state index in [0.29, 0.717) is 13.1 Å². The van der Waals surface area contributed by atoms with Crippen LogP contribution in [0, 0.1) is 0 Å². The molecule has 2 aliphatic rings. The van der Waals surface area contributed by atoms with Gasteiger partial charge in [-0.3, -0.25) is 9.67 Å². The molecule has 27 heavy (non-hydrogen) atoms. The quantitative estimate of drug-likeness (QED) is 0.756. The Labute approximate surface area is 156 Å². The Hall–Kier alpha value is -3.09. The van der Waals surface area contributed by atoms with Crippen molar-refractivity contribution in [2.75, 3.05) is 20.2 Å². The van der Waals surface area contributed by atoms with Crippen molar-refractivity contribution in [2.45, 2.75) is 24.8 Å². The van der Waals surface area contributed by atoms with Gasteiger partial charge in [0.25, 0.3) is 0 Å². The van der Waals surface area contributed by atoms with Crippen LogP contribution in [0.2, 0.25) is 0 Å². The number of methoxy groups -OCH3 is 1. The minimum Gasteiger partial charge on any atom is -0.497 e. The molecule has 1 spiro atoms. The summed E-state index contributed by atoms with van der Waals surface area (Å²) < 4.78 is 7.35. The zero-order chi connectivity index (χ0) is 18.6. The summed E-state index contributed by atoms with van der Waals surface area (Å²) in [5.41, 5.74) is 3.80. The molecular weight excluding hydrogens is 344 g/mol. The lowest BCUT2D eigenvalue weighted by atomic mass is 9.82. The van der Waals surface area contributed by atoms with Crippen molar-refractivity contribution in [3.63, 3.8) is 0 Å². The maximum absolute atomic E-state index is 11.3. The number of carbonyl (C=O) groups is 1. The van der Waals surface area contributed by atoms with Gasteiger partial charge in [0.05, 0.1) is 18.3 Å². The van der Waals surface area contributed by atoms with E-state index in [4.69, 9.17) is 9.84 Å². The number of nitrogens with zero attached hydrogens (tertiary/aromatic N) is 4. The van der Waals surface area contributed by atoms with E-state index < -0.39 is 6.09 Å². The van der Waals surface area contributed by atoms with Gasteiger partial charge in [-0.25, -0.2) is 4.79 Å². The SMILES string of the molecule is COc1ccc2ncc(-c3cc4n(n3)CCC43CCN(C(=O)O)C3)cc2c1. The summed E-state index contributed by atoms with van der Waals surface area (Å²) >= 11 is 0. The molecule has 0 bridgehead atoms. The predicted molar refractivity (Wildman–Crippen MR) is 100 cm³/mol. The Balaban J connectivity index is 1.52. The Bertz CT molecular complexity index is 1060. The first-order valence-corrected chi connectivity index (χ1v) is 9.08. The van der Waals surface area contributed by atoms with Crippen molar-refractivity contribution >= 4 is 17.0 Å². The zero-order valence-corrected chi connectivity index (χ0v) is 15.1. The smallest absolute Gasteiger partial charge is 0.407 e. The van der Waals surface area contributed by atoms with E-state index >= 15 is 0 Å². The summed E-state index contributed by atoms with van der Waals surface area (Å²) in [5, 5.41) is 15.1. The number of rotatable bonds is 2. The summed E-state index contributed by atoms with van der Waals surface area (Å²) in [4.78, 5) is 17.4. The van der Waals surface area contributed by atoms with Crippen LogP contribution in [0.5, 0.6) is 5.75 Å². The molecule has 1 amide bonds. The molecule has 0 saturated carbocycles.